The Bertz CT molecular complexity index is 413. The Morgan fingerprint density at radius 1 is 1.26 bits per heavy atom. The molecule has 0 radical (unpaired) electrons. The minimum atomic E-state index is -0.291. The van der Waals surface area contributed by atoms with E-state index in [1.54, 1.807) is 0 Å². The zero-order valence-corrected chi connectivity index (χ0v) is 15.9. The Kier molecular flexibility index (Phi) is 7.34. The van der Waals surface area contributed by atoms with Crippen LogP contribution in [-0.2, 0) is 18.8 Å². The van der Waals surface area contributed by atoms with Crippen molar-refractivity contribution in [3.63, 3.8) is 0 Å². The molecule has 0 N–H and O–H groups in total. The lowest BCUT2D eigenvalue weighted by Gasteiger charge is -2.32. The molecule has 0 spiro atoms. The normalized spacial score (nSPS) is 25.3. The molecule has 1 saturated heterocycles. The molecule has 1 atom stereocenters. The van der Waals surface area contributed by atoms with Crippen LogP contribution in [-0.4, -0.2) is 30.9 Å². The van der Waals surface area contributed by atoms with Crippen molar-refractivity contribution in [3.05, 3.63) is 11.5 Å². The predicted molar refractivity (Wildman–Crippen MR) is 94.1 cm³/mol. The van der Waals surface area contributed by atoms with Gasteiger partial charge in [0.1, 0.15) is 0 Å². The Labute approximate surface area is 142 Å². The second kappa shape index (κ2) is 8.34. The Hall–Kier alpha value is -0.805. The second-order valence-corrected chi connectivity index (χ2v) is 7.02. The van der Waals surface area contributed by atoms with Gasteiger partial charge in [-0.25, -0.2) is 0 Å². The molecular formula is C18H33BO4. The largest absolute Gasteiger partial charge is 0.490 e. The van der Waals surface area contributed by atoms with E-state index in [2.05, 4.69) is 33.8 Å². The molecule has 0 aromatic heterocycles. The monoisotopic (exact) mass is 324 g/mol. The Balaban J connectivity index is 0.00000127. The van der Waals surface area contributed by atoms with E-state index in [4.69, 9.17) is 14.0 Å². The number of esters is 1. The third-order valence-corrected chi connectivity index (χ3v) is 4.87. The average Bonchev–Trinajstić information content (AvgIpc) is 2.70. The number of carbonyl (C=O) groups is 1. The van der Waals surface area contributed by atoms with Crippen molar-refractivity contribution in [1.82, 2.24) is 0 Å². The van der Waals surface area contributed by atoms with Crippen molar-refractivity contribution < 1.29 is 18.8 Å². The number of hydrogen-bond donors (Lipinski definition) is 0. The van der Waals surface area contributed by atoms with E-state index in [0.717, 1.165) is 19.3 Å². The number of carbonyl (C=O) groups excluding carboxylic acids is 1. The Morgan fingerprint density at radius 2 is 1.83 bits per heavy atom. The third kappa shape index (κ3) is 5.08. The van der Waals surface area contributed by atoms with Crippen molar-refractivity contribution in [2.24, 2.45) is 5.92 Å². The minimum absolute atomic E-state index is 0.0880. The van der Waals surface area contributed by atoms with Gasteiger partial charge in [0, 0.05) is 6.42 Å². The molecule has 0 amide bonds. The van der Waals surface area contributed by atoms with Gasteiger partial charge < -0.3 is 14.0 Å². The minimum Gasteiger partial charge on any atom is -0.466 e. The van der Waals surface area contributed by atoms with Crippen LogP contribution < -0.4 is 0 Å². The third-order valence-electron chi connectivity index (χ3n) is 4.87. The molecule has 132 valence electrons. The summed E-state index contributed by atoms with van der Waals surface area (Å²) >= 11 is 0. The zero-order chi connectivity index (χ0) is 17.7. The van der Waals surface area contributed by atoms with E-state index < -0.39 is 0 Å². The molecule has 23 heavy (non-hydrogen) atoms. The molecule has 4 nitrogen and oxygen atoms in total. The highest BCUT2D eigenvalue weighted by molar-refractivity contribution is 6.54. The summed E-state index contributed by atoms with van der Waals surface area (Å²) < 4.78 is 17.2. The summed E-state index contributed by atoms with van der Waals surface area (Å²) in [6, 6.07) is 0. The lowest BCUT2D eigenvalue weighted by atomic mass is 9.70. The summed E-state index contributed by atoms with van der Waals surface area (Å²) in [6.07, 6.45) is 5.53. The standard InChI is InChI=1S/C16H27BO4.C2H6/c1-6-19-14(18)11-12-7-9-13(10-8-12)17-20-15(2,3)16(4,5)21-17;1-2/h9,12H,6-8,10-11H2,1-5H3;1-2H3. The van der Waals surface area contributed by atoms with Crippen LogP contribution >= 0.6 is 0 Å². The smallest absolute Gasteiger partial charge is 0.466 e. The van der Waals surface area contributed by atoms with Crippen molar-refractivity contribution in [2.75, 3.05) is 6.61 Å². The molecule has 0 saturated carbocycles. The first kappa shape index (κ1) is 20.2. The van der Waals surface area contributed by atoms with Gasteiger partial charge in [0.25, 0.3) is 0 Å². The Morgan fingerprint density at radius 3 is 2.26 bits per heavy atom. The highest BCUT2D eigenvalue weighted by Crippen LogP contribution is 2.40. The summed E-state index contributed by atoms with van der Waals surface area (Å²) in [5.74, 6) is 0.296. The topological polar surface area (TPSA) is 44.8 Å². The number of rotatable bonds is 4. The van der Waals surface area contributed by atoms with Crippen molar-refractivity contribution in [2.45, 2.75) is 85.4 Å². The lowest BCUT2D eigenvalue weighted by molar-refractivity contribution is -0.144. The van der Waals surface area contributed by atoms with E-state index in [-0.39, 0.29) is 24.3 Å². The number of allylic oxidation sites excluding steroid dienone is 2. The van der Waals surface area contributed by atoms with Crippen LogP contribution in [0, 0.1) is 5.92 Å². The van der Waals surface area contributed by atoms with Gasteiger partial charge in [-0.15, -0.1) is 0 Å². The van der Waals surface area contributed by atoms with E-state index in [9.17, 15) is 4.79 Å². The van der Waals surface area contributed by atoms with Crippen molar-refractivity contribution >= 4 is 13.1 Å². The molecular weight excluding hydrogens is 291 g/mol. The zero-order valence-electron chi connectivity index (χ0n) is 15.9. The maximum absolute atomic E-state index is 11.5. The first-order chi connectivity index (χ1) is 10.7. The summed E-state index contributed by atoms with van der Waals surface area (Å²) in [5.41, 5.74) is 0.634. The molecule has 1 fully saturated rings. The van der Waals surface area contributed by atoms with Gasteiger partial charge in [0.2, 0.25) is 0 Å². The van der Waals surface area contributed by atoms with Gasteiger partial charge in [0.05, 0.1) is 17.8 Å². The molecule has 0 aromatic carbocycles. The summed E-state index contributed by atoms with van der Waals surface area (Å²) in [7, 11) is -0.237. The van der Waals surface area contributed by atoms with Crippen LogP contribution in [0.25, 0.3) is 0 Å². The van der Waals surface area contributed by atoms with Gasteiger partial charge in [-0.05, 0) is 65.3 Å². The van der Waals surface area contributed by atoms with E-state index >= 15 is 0 Å². The van der Waals surface area contributed by atoms with E-state index in [1.165, 1.54) is 5.47 Å². The van der Waals surface area contributed by atoms with E-state index in [1.807, 2.05) is 20.8 Å². The van der Waals surface area contributed by atoms with Crippen molar-refractivity contribution in [3.8, 4) is 0 Å². The van der Waals surface area contributed by atoms with Gasteiger partial charge in [-0.1, -0.05) is 19.9 Å². The summed E-state index contributed by atoms with van der Waals surface area (Å²) in [6.45, 7) is 14.6. The number of ether oxygens (including phenoxy) is 1. The fourth-order valence-electron chi connectivity index (χ4n) is 2.76. The highest BCUT2D eigenvalue weighted by atomic mass is 16.7. The quantitative estimate of drug-likeness (QED) is 0.570. The fraction of sp³-hybridized carbons (Fsp3) is 0.833. The second-order valence-electron chi connectivity index (χ2n) is 7.02. The average molecular weight is 324 g/mol. The van der Waals surface area contributed by atoms with Crippen LogP contribution in [0.15, 0.2) is 11.5 Å². The van der Waals surface area contributed by atoms with E-state index in [0.29, 0.717) is 18.9 Å². The summed E-state index contributed by atoms with van der Waals surface area (Å²) in [4.78, 5) is 11.5. The van der Waals surface area contributed by atoms with Crippen LogP contribution in [0.3, 0.4) is 0 Å². The molecule has 2 aliphatic rings. The molecule has 0 aromatic rings. The molecule has 1 aliphatic carbocycles. The highest BCUT2D eigenvalue weighted by Gasteiger charge is 2.52. The molecule has 2 rings (SSSR count). The maximum atomic E-state index is 11.5. The molecule has 0 bridgehead atoms. The number of hydrogen-bond acceptors (Lipinski definition) is 4. The van der Waals surface area contributed by atoms with Crippen LogP contribution in [0.4, 0.5) is 0 Å². The maximum Gasteiger partial charge on any atom is 0.490 e. The van der Waals surface area contributed by atoms with Gasteiger partial charge >= 0.3 is 13.1 Å². The van der Waals surface area contributed by atoms with Crippen LogP contribution in [0.2, 0.25) is 0 Å². The van der Waals surface area contributed by atoms with Gasteiger partial charge in [-0.2, -0.15) is 0 Å². The lowest BCUT2D eigenvalue weighted by Crippen LogP contribution is -2.41. The van der Waals surface area contributed by atoms with Crippen LogP contribution in [0.5, 0.6) is 0 Å². The summed E-state index contributed by atoms with van der Waals surface area (Å²) in [5, 5.41) is 0. The molecule has 1 unspecified atom stereocenters. The predicted octanol–water partition coefficient (Wildman–Crippen LogP) is 4.32. The molecule has 1 heterocycles. The van der Waals surface area contributed by atoms with Gasteiger partial charge in [0.15, 0.2) is 0 Å². The van der Waals surface area contributed by atoms with Gasteiger partial charge in [-0.3, -0.25) is 4.79 Å². The SMILES string of the molecule is CC.CCOC(=O)CC1CC=C(B2OC(C)(C)C(C)(C)O2)CC1. The van der Waals surface area contributed by atoms with Crippen molar-refractivity contribution in [1.29, 1.82) is 0 Å². The fourth-order valence-corrected chi connectivity index (χ4v) is 2.76. The van der Waals surface area contributed by atoms with Crippen LogP contribution in [0.1, 0.15) is 74.1 Å². The molecule has 1 aliphatic heterocycles. The first-order valence-corrected chi connectivity index (χ1v) is 8.95. The first-order valence-electron chi connectivity index (χ1n) is 8.95. The molecule has 5 heteroatoms.